The molecule has 0 aliphatic heterocycles. The average Bonchev–Trinajstić information content (AvgIpc) is 2.59. The van der Waals surface area contributed by atoms with E-state index in [0.29, 0.717) is 29.3 Å². The van der Waals surface area contributed by atoms with E-state index in [1.54, 1.807) is 12.1 Å². The quantitative estimate of drug-likeness (QED) is 0.649. The molecule has 1 fully saturated rings. The van der Waals surface area contributed by atoms with Crippen LogP contribution >= 0.6 is 23.2 Å². The van der Waals surface area contributed by atoms with Gasteiger partial charge in [-0.2, -0.15) is 0 Å². The summed E-state index contributed by atoms with van der Waals surface area (Å²) in [5.41, 5.74) is -0.180. The second-order valence-electron chi connectivity index (χ2n) is 8.25. The molecular formula is C21H28Cl2N2O2. The number of halogens is 2. The van der Waals surface area contributed by atoms with Gasteiger partial charge in [0, 0.05) is 10.0 Å². The van der Waals surface area contributed by atoms with Crippen molar-refractivity contribution in [3.05, 3.63) is 39.9 Å². The summed E-state index contributed by atoms with van der Waals surface area (Å²) in [5, 5.41) is 7.07. The Morgan fingerprint density at radius 1 is 1.19 bits per heavy atom. The molecule has 1 aromatic rings. The minimum atomic E-state index is -0.810. The van der Waals surface area contributed by atoms with Gasteiger partial charge in [0.15, 0.2) is 0 Å². The van der Waals surface area contributed by atoms with Crippen LogP contribution in [-0.4, -0.2) is 23.9 Å². The number of hydrogen-bond acceptors (Lipinski definition) is 2. The Bertz CT molecular complexity index is 705. The number of benzene rings is 1. The van der Waals surface area contributed by atoms with Crippen molar-refractivity contribution in [2.75, 3.05) is 0 Å². The topological polar surface area (TPSA) is 58.2 Å². The van der Waals surface area contributed by atoms with Crippen LogP contribution < -0.4 is 10.6 Å². The molecular weight excluding hydrogens is 383 g/mol. The SMILES string of the molecule is CC(C)(C)[C@H](/C=C/c1ccc(Cl)cc1Cl)NC(=O)C1(NC=O)CCCCC1. The largest absolute Gasteiger partial charge is 0.347 e. The van der Waals surface area contributed by atoms with E-state index in [2.05, 4.69) is 31.4 Å². The molecule has 0 radical (unpaired) electrons. The lowest BCUT2D eigenvalue weighted by Crippen LogP contribution is -2.60. The van der Waals surface area contributed by atoms with Gasteiger partial charge < -0.3 is 10.6 Å². The number of amides is 2. The Hall–Kier alpha value is -1.52. The second kappa shape index (κ2) is 9.11. The van der Waals surface area contributed by atoms with Gasteiger partial charge in [-0.25, -0.2) is 0 Å². The highest BCUT2D eigenvalue weighted by Gasteiger charge is 2.40. The van der Waals surface area contributed by atoms with Crippen molar-refractivity contribution in [2.45, 2.75) is 64.5 Å². The van der Waals surface area contributed by atoms with Gasteiger partial charge in [-0.3, -0.25) is 9.59 Å². The summed E-state index contributed by atoms with van der Waals surface area (Å²) in [6, 6.07) is 5.10. The summed E-state index contributed by atoms with van der Waals surface area (Å²) in [6.45, 7) is 6.19. The van der Waals surface area contributed by atoms with Gasteiger partial charge in [-0.1, -0.05) is 81.5 Å². The molecule has 6 heteroatoms. The highest BCUT2D eigenvalue weighted by Crippen LogP contribution is 2.30. The van der Waals surface area contributed by atoms with Crippen LogP contribution in [0.5, 0.6) is 0 Å². The Morgan fingerprint density at radius 3 is 2.41 bits per heavy atom. The van der Waals surface area contributed by atoms with Crippen LogP contribution in [0.2, 0.25) is 10.0 Å². The van der Waals surface area contributed by atoms with Crippen molar-refractivity contribution >= 4 is 41.6 Å². The lowest BCUT2D eigenvalue weighted by atomic mass is 9.79. The third-order valence-corrected chi connectivity index (χ3v) is 5.69. The van der Waals surface area contributed by atoms with Crippen LogP contribution in [0.1, 0.15) is 58.4 Å². The molecule has 1 saturated carbocycles. The van der Waals surface area contributed by atoms with Gasteiger partial charge in [-0.15, -0.1) is 0 Å². The van der Waals surface area contributed by atoms with Gasteiger partial charge in [0.05, 0.1) is 6.04 Å². The molecule has 0 bridgehead atoms. The number of carbonyl (C=O) groups is 2. The van der Waals surface area contributed by atoms with Crippen molar-refractivity contribution in [1.29, 1.82) is 0 Å². The number of nitrogens with one attached hydrogen (secondary N) is 2. The maximum absolute atomic E-state index is 13.1. The summed E-state index contributed by atoms with van der Waals surface area (Å²) in [7, 11) is 0. The van der Waals surface area contributed by atoms with Crippen LogP contribution in [0, 0.1) is 5.41 Å². The van der Waals surface area contributed by atoms with Crippen molar-refractivity contribution in [3.63, 3.8) is 0 Å². The molecule has 0 aromatic heterocycles. The number of rotatable bonds is 6. The summed E-state index contributed by atoms with van der Waals surface area (Å²) in [5.74, 6) is -0.124. The molecule has 0 spiro atoms. The van der Waals surface area contributed by atoms with E-state index in [9.17, 15) is 9.59 Å². The number of hydrogen-bond donors (Lipinski definition) is 2. The van der Waals surface area contributed by atoms with E-state index in [0.717, 1.165) is 24.8 Å². The van der Waals surface area contributed by atoms with E-state index in [4.69, 9.17) is 23.2 Å². The first kappa shape index (κ1) is 21.8. The molecule has 27 heavy (non-hydrogen) atoms. The second-order valence-corrected chi connectivity index (χ2v) is 9.09. The molecule has 148 valence electrons. The van der Waals surface area contributed by atoms with E-state index >= 15 is 0 Å². The molecule has 0 unspecified atom stereocenters. The van der Waals surface area contributed by atoms with E-state index in [-0.39, 0.29) is 17.4 Å². The molecule has 0 saturated heterocycles. The summed E-state index contributed by atoms with van der Waals surface area (Å²) in [6.07, 6.45) is 8.78. The maximum Gasteiger partial charge on any atom is 0.246 e. The summed E-state index contributed by atoms with van der Waals surface area (Å²) < 4.78 is 0. The van der Waals surface area contributed by atoms with Gasteiger partial charge in [-0.05, 0) is 36.0 Å². The average molecular weight is 411 g/mol. The lowest BCUT2D eigenvalue weighted by Gasteiger charge is -2.38. The smallest absolute Gasteiger partial charge is 0.246 e. The highest BCUT2D eigenvalue weighted by atomic mass is 35.5. The van der Waals surface area contributed by atoms with Gasteiger partial charge in [0.2, 0.25) is 12.3 Å². The first-order valence-electron chi connectivity index (χ1n) is 9.33. The molecule has 1 aliphatic rings. The first-order valence-corrected chi connectivity index (χ1v) is 10.1. The van der Waals surface area contributed by atoms with Gasteiger partial charge >= 0.3 is 0 Å². The first-order chi connectivity index (χ1) is 12.7. The zero-order valence-electron chi connectivity index (χ0n) is 16.1. The zero-order chi connectivity index (χ0) is 20.1. The molecule has 1 atom stereocenters. The normalized spacial score (nSPS) is 18.1. The van der Waals surface area contributed by atoms with E-state index in [1.165, 1.54) is 0 Å². The molecule has 1 aromatic carbocycles. The van der Waals surface area contributed by atoms with Gasteiger partial charge in [0.25, 0.3) is 0 Å². The van der Waals surface area contributed by atoms with Crippen molar-refractivity contribution < 1.29 is 9.59 Å². The van der Waals surface area contributed by atoms with E-state index in [1.807, 2.05) is 18.2 Å². The van der Waals surface area contributed by atoms with Crippen LogP contribution in [0.25, 0.3) is 6.08 Å². The standard InChI is InChI=1S/C21H28Cl2N2O2/c1-20(2,3)18(10-8-15-7-9-16(22)13-17(15)23)25-19(27)21(24-14-26)11-5-4-6-12-21/h7-10,13-14,18H,4-6,11-12H2,1-3H3,(H,24,26)(H,25,27)/b10-8+/t18-/m0/s1. The predicted molar refractivity (Wildman–Crippen MR) is 112 cm³/mol. The van der Waals surface area contributed by atoms with E-state index < -0.39 is 5.54 Å². The molecule has 2 amide bonds. The molecule has 1 aliphatic carbocycles. The molecule has 4 nitrogen and oxygen atoms in total. The fourth-order valence-electron chi connectivity index (χ4n) is 3.37. The minimum absolute atomic E-state index is 0.124. The molecule has 0 heterocycles. The Morgan fingerprint density at radius 2 is 1.85 bits per heavy atom. The van der Waals surface area contributed by atoms with Crippen LogP contribution in [0.15, 0.2) is 24.3 Å². The fourth-order valence-corrected chi connectivity index (χ4v) is 3.85. The number of carbonyl (C=O) groups excluding carboxylic acids is 2. The van der Waals surface area contributed by atoms with Crippen molar-refractivity contribution in [3.8, 4) is 0 Å². The molecule has 2 N–H and O–H groups in total. The maximum atomic E-state index is 13.1. The van der Waals surface area contributed by atoms with Crippen LogP contribution in [0.4, 0.5) is 0 Å². The summed E-state index contributed by atoms with van der Waals surface area (Å²) >= 11 is 12.2. The van der Waals surface area contributed by atoms with Crippen LogP contribution in [0.3, 0.4) is 0 Å². The fraction of sp³-hybridized carbons (Fsp3) is 0.524. The van der Waals surface area contributed by atoms with Gasteiger partial charge in [0.1, 0.15) is 5.54 Å². The zero-order valence-corrected chi connectivity index (χ0v) is 17.7. The monoisotopic (exact) mass is 410 g/mol. The Labute approximate surface area is 171 Å². The highest BCUT2D eigenvalue weighted by molar-refractivity contribution is 6.35. The Kier molecular flexibility index (Phi) is 7.35. The van der Waals surface area contributed by atoms with Crippen LogP contribution in [-0.2, 0) is 9.59 Å². The third kappa shape index (κ3) is 5.73. The third-order valence-electron chi connectivity index (χ3n) is 5.13. The minimum Gasteiger partial charge on any atom is -0.347 e. The summed E-state index contributed by atoms with van der Waals surface area (Å²) in [4.78, 5) is 24.2. The van der Waals surface area contributed by atoms with Crippen molar-refractivity contribution in [2.24, 2.45) is 5.41 Å². The predicted octanol–water partition coefficient (Wildman–Crippen LogP) is 4.99. The molecule has 2 rings (SSSR count). The van der Waals surface area contributed by atoms with Crippen molar-refractivity contribution in [1.82, 2.24) is 10.6 Å². The Balaban J connectivity index is 2.22. The lowest BCUT2D eigenvalue weighted by molar-refractivity contribution is -0.132.